The van der Waals surface area contributed by atoms with Gasteiger partial charge in [0.15, 0.2) is 0 Å². The second kappa shape index (κ2) is 10.2. The van der Waals surface area contributed by atoms with Gasteiger partial charge in [0.25, 0.3) is 0 Å². The summed E-state index contributed by atoms with van der Waals surface area (Å²) in [5, 5.41) is 2.10. The molecule has 172 valence electrons. The Labute approximate surface area is 185 Å². The summed E-state index contributed by atoms with van der Waals surface area (Å²) in [7, 11) is 0. The number of alkyl halides is 3. The average Bonchev–Trinajstić information content (AvgIpc) is 2.70. The molecule has 2 heterocycles. The fourth-order valence-electron chi connectivity index (χ4n) is 4.08. The van der Waals surface area contributed by atoms with Crippen LogP contribution in [0.2, 0.25) is 5.02 Å². The summed E-state index contributed by atoms with van der Waals surface area (Å²) in [6.45, 7) is 5.94. The van der Waals surface area contributed by atoms with Crippen LogP contribution in [0, 0.1) is 0 Å². The van der Waals surface area contributed by atoms with Gasteiger partial charge in [-0.05, 0) is 44.4 Å². The van der Waals surface area contributed by atoms with Crippen molar-refractivity contribution < 1.29 is 22.8 Å². The van der Waals surface area contributed by atoms with Crippen LogP contribution < -0.4 is 5.32 Å². The van der Waals surface area contributed by atoms with Gasteiger partial charge >= 0.3 is 6.18 Å². The molecule has 2 saturated heterocycles. The van der Waals surface area contributed by atoms with Crippen LogP contribution in [0.25, 0.3) is 0 Å². The van der Waals surface area contributed by atoms with Crippen molar-refractivity contribution >= 4 is 29.1 Å². The molecule has 2 aliphatic heterocycles. The highest BCUT2D eigenvalue weighted by atomic mass is 35.5. The van der Waals surface area contributed by atoms with Gasteiger partial charge in [-0.15, -0.1) is 0 Å². The maximum absolute atomic E-state index is 13.0. The van der Waals surface area contributed by atoms with Crippen LogP contribution in [0.4, 0.5) is 18.9 Å². The van der Waals surface area contributed by atoms with E-state index >= 15 is 0 Å². The van der Waals surface area contributed by atoms with E-state index in [0.717, 1.165) is 31.5 Å². The zero-order chi connectivity index (χ0) is 22.6. The molecule has 0 aromatic heterocycles. The van der Waals surface area contributed by atoms with Crippen LogP contribution in [0.3, 0.4) is 0 Å². The lowest BCUT2D eigenvalue weighted by Gasteiger charge is -2.37. The summed E-state index contributed by atoms with van der Waals surface area (Å²) < 4.78 is 38.9. The number of anilines is 1. The van der Waals surface area contributed by atoms with Gasteiger partial charge in [-0.1, -0.05) is 11.6 Å². The van der Waals surface area contributed by atoms with E-state index in [0.29, 0.717) is 32.7 Å². The lowest BCUT2D eigenvalue weighted by molar-refractivity contribution is -0.137. The first-order valence-corrected chi connectivity index (χ1v) is 10.9. The Hall–Kier alpha value is -1.84. The molecule has 6 nitrogen and oxygen atoms in total. The Kier molecular flexibility index (Phi) is 7.82. The molecule has 1 atom stereocenters. The van der Waals surface area contributed by atoms with Crippen LogP contribution in [-0.4, -0.2) is 78.4 Å². The molecule has 2 amide bonds. The maximum Gasteiger partial charge on any atom is 0.417 e. The first-order valence-electron chi connectivity index (χ1n) is 10.5. The fourth-order valence-corrected chi connectivity index (χ4v) is 4.30. The van der Waals surface area contributed by atoms with E-state index in [2.05, 4.69) is 17.1 Å². The third-order valence-corrected chi connectivity index (χ3v) is 6.20. The SMILES string of the molecule is CC1CCCCN1C(=O)CN1CCN(CC(=O)Nc2ccc(Cl)c(C(F)(F)F)c2)CC1. The number of rotatable bonds is 5. The maximum atomic E-state index is 13.0. The Morgan fingerprint density at radius 1 is 1.06 bits per heavy atom. The number of benzene rings is 1. The lowest BCUT2D eigenvalue weighted by atomic mass is 10.0. The van der Waals surface area contributed by atoms with Crippen molar-refractivity contribution in [1.82, 2.24) is 14.7 Å². The van der Waals surface area contributed by atoms with E-state index in [9.17, 15) is 22.8 Å². The number of halogens is 4. The van der Waals surface area contributed by atoms with E-state index in [1.54, 1.807) is 0 Å². The third-order valence-electron chi connectivity index (χ3n) is 5.87. The van der Waals surface area contributed by atoms with Crippen LogP contribution in [0.15, 0.2) is 18.2 Å². The Balaban J connectivity index is 1.44. The predicted octanol–water partition coefficient (Wildman–Crippen LogP) is 3.32. The van der Waals surface area contributed by atoms with Gasteiger partial charge in [-0.2, -0.15) is 13.2 Å². The van der Waals surface area contributed by atoms with Crippen molar-refractivity contribution in [3.8, 4) is 0 Å². The summed E-state index contributed by atoms with van der Waals surface area (Å²) in [6, 6.07) is 3.60. The van der Waals surface area contributed by atoms with Crippen LogP contribution in [0.1, 0.15) is 31.7 Å². The standard InChI is InChI=1S/C21H28ClF3N4O2/c1-15-4-2-3-7-29(15)20(31)14-28-10-8-27(9-11-28)13-19(30)26-16-5-6-18(22)17(12-16)21(23,24)25/h5-6,12,15H,2-4,7-11,13-14H2,1H3,(H,26,30). The molecule has 1 aromatic carbocycles. The number of nitrogens with zero attached hydrogens (tertiary/aromatic N) is 3. The van der Waals surface area contributed by atoms with E-state index in [1.165, 1.54) is 12.5 Å². The second-order valence-corrected chi connectivity index (χ2v) is 8.63. The highest BCUT2D eigenvalue weighted by molar-refractivity contribution is 6.31. The summed E-state index contributed by atoms with van der Waals surface area (Å²) in [5.74, 6) is -0.233. The molecule has 0 saturated carbocycles. The van der Waals surface area contributed by atoms with Gasteiger partial charge in [0.05, 0.1) is 23.7 Å². The molecule has 0 bridgehead atoms. The topological polar surface area (TPSA) is 55.9 Å². The number of piperazine rings is 1. The van der Waals surface area contributed by atoms with Gasteiger partial charge in [0, 0.05) is 44.5 Å². The monoisotopic (exact) mass is 460 g/mol. The number of amides is 2. The second-order valence-electron chi connectivity index (χ2n) is 8.22. The van der Waals surface area contributed by atoms with E-state index in [-0.39, 0.29) is 30.1 Å². The van der Waals surface area contributed by atoms with E-state index < -0.39 is 16.8 Å². The minimum absolute atomic E-state index is 0.0570. The molecule has 1 N–H and O–H groups in total. The number of hydrogen-bond donors (Lipinski definition) is 1. The highest BCUT2D eigenvalue weighted by Gasteiger charge is 2.33. The molecule has 0 aliphatic carbocycles. The Morgan fingerprint density at radius 3 is 2.32 bits per heavy atom. The summed E-state index contributed by atoms with van der Waals surface area (Å²) >= 11 is 5.61. The molecule has 10 heteroatoms. The van der Waals surface area contributed by atoms with Gasteiger partial charge in [-0.3, -0.25) is 19.4 Å². The molecular weight excluding hydrogens is 433 g/mol. The number of carbonyl (C=O) groups is 2. The number of piperidine rings is 1. The zero-order valence-electron chi connectivity index (χ0n) is 17.6. The molecule has 2 aliphatic rings. The van der Waals surface area contributed by atoms with Crippen LogP contribution in [-0.2, 0) is 15.8 Å². The molecule has 2 fully saturated rings. The molecule has 1 unspecified atom stereocenters. The van der Waals surface area contributed by atoms with Crippen molar-refractivity contribution in [1.29, 1.82) is 0 Å². The lowest BCUT2D eigenvalue weighted by Crippen LogP contribution is -2.53. The summed E-state index contributed by atoms with van der Waals surface area (Å²) in [4.78, 5) is 30.8. The zero-order valence-corrected chi connectivity index (χ0v) is 18.3. The predicted molar refractivity (Wildman–Crippen MR) is 113 cm³/mol. The number of carbonyl (C=O) groups excluding carboxylic acids is 2. The fraction of sp³-hybridized carbons (Fsp3) is 0.619. The molecular formula is C21H28ClF3N4O2. The Bertz CT molecular complexity index is 797. The van der Waals surface area contributed by atoms with Crippen LogP contribution >= 0.6 is 11.6 Å². The molecule has 0 radical (unpaired) electrons. The molecule has 31 heavy (non-hydrogen) atoms. The van der Waals surface area contributed by atoms with Crippen molar-refractivity contribution in [2.24, 2.45) is 0 Å². The third kappa shape index (κ3) is 6.57. The first-order chi connectivity index (χ1) is 14.6. The quantitative estimate of drug-likeness (QED) is 0.732. The summed E-state index contributed by atoms with van der Waals surface area (Å²) in [5.41, 5.74) is -0.921. The van der Waals surface area contributed by atoms with Gasteiger partial charge < -0.3 is 10.2 Å². The molecule has 1 aromatic rings. The highest BCUT2D eigenvalue weighted by Crippen LogP contribution is 2.36. The van der Waals surface area contributed by atoms with Crippen molar-refractivity contribution in [2.45, 2.75) is 38.4 Å². The van der Waals surface area contributed by atoms with Gasteiger partial charge in [-0.25, -0.2) is 0 Å². The summed E-state index contributed by atoms with van der Waals surface area (Å²) in [6.07, 6.45) is -1.32. The van der Waals surface area contributed by atoms with Crippen molar-refractivity contribution in [3.05, 3.63) is 28.8 Å². The van der Waals surface area contributed by atoms with Crippen molar-refractivity contribution in [2.75, 3.05) is 51.1 Å². The Morgan fingerprint density at radius 2 is 1.71 bits per heavy atom. The molecule has 3 rings (SSSR count). The average molecular weight is 461 g/mol. The molecule has 0 spiro atoms. The van der Waals surface area contributed by atoms with Crippen molar-refractivity contribution in [3.63, 3.8) is 0 Å². The number of likely N-dealkylation sites (tertiary alicyclic amines) is 1. The first kappa shape index (κ1) is 23.8. The van der Waals surface area contributed by atoms with Gasteiger partial charge in [0.1, 0.15) is 0 Å². The van der Waals surface area contributed by atoms with Gasteiger partial charge in [0.2, 0.25) is 11.8 Å². The number of nitrogens with one attached hydrogen (secondary N) is 1. The number of hydrogen-bond acceptors (Lipinski definition) is 4. The van der Waals surface area contributed by atoms with Crippen LogP contribution in [0.5, 0.6) is 0 Å². The smallest absolute Gasteiger partial charge is 0.339 e. The van der Waals surface area contributed by atoms with E-state index in [1.807, 2.05) is 9.80 Å². The minimum atomic E-state index is -4.59. The minimum Gasteiger partial charge on any atom is -0.339 e. The van der Waals surface area contributed by atoms with E-state index in [4.69, 9.17) is 11.6 Å². The normalized spacial score (nSPS) is 21.2. The largest absolute Gasteiger partial charge is 0.417 e.